The highest BCUT2D eigenvalue weighted by Crippen LogP contribution is 2.37. The van der Waals surface area contributed by atoms with E-state index in [1.807, 2.05) is 30.3 Å². The van der Waals surface area contributed by atoms with E-state index >= 15 is 0 Å². The van der Waals surface area contributed by atoms with Gasteiger partial charge in [-0.05, 0) is 40.8 Å². The number of carbonyl (C=O) groups excluding carboxylic acids is 1. The van der Waals surface area contributed by atoms with Gasteiger partial charge in [0.2, 0.25) is 0 Å². The number of alkyl halides is 3. The van der Waals surface area contributed by atoms with Crippen LogP contribution in [0.2, 0.25) is 0 Å². The second kappa shape index (κ2) is 8.48. The summed E-state index contributed by atoms with van der Waals surface area (Å²) in [5.74, 6) is 0. The molecule has 0 atom stereocenters. The van der Waals surface area contributed by atoms with Crippen LogP contribution in [0.3, 0.4) is 0 Å². The summed E-state index contributed by atoms with van der Waals surface area (Å²) in [5.41, 5.74) is 7.10. The first-order chi connectivity index (χ1) is 13.4. The quantitative estimate of drug-likeness (QED) is 0.831. The second-order valence-electron chi connectivity index (χ2n) is 6.55. The van der Waals surface area contributed by atoms with Gasteiger partial charge in [-0.2, -0.15) is 13.2 Å². The number of ether oxygens (including phenoxy) is 1. The van der Waals surface area contributed by atoms with Crippen molar-refractivity contribution in [3.63, 3.8) is 0 Å². The summed E-state index contributed by atoms with van der Waals surface area (Å²) in [4.78, 5) is 13.7. The summed E-state index contributed by atoms with van der Waals surface area (Å²) in [7, 11) is 0. The lowest BCUT2D eigenvalue weighted by Gasteiger charge is -2.27. The smallest absolute Gasteiger partial charge is 0.416 e. The molecule has 0 unspecified atom stereocenters. The highest BCUT2D eigenvalue weighted by Gasteiger charge is 2.34. The molecular formula is C21H21F3N2O2. The Kier molecular flexibility index (Phi) is 6.04. The molecule has 0 fully saturated rings. The first kappa shape index (κ1) is 19.9. The summed E-state index contributed by atoms with van der Waals surface area (Å²) in [6.45, 7) is 0.816. The second-order valence-corrected chi connectivity index (χ2v) is 6.55. The van der Waals surface area contributed by atoms with Gasteiger partial charge in [-0.3, -0.25) is 0 Å². The molecule has 1 aliphatic rings. The molecule has 1 aliphatic heterocycles. The molecule has 2 aromatic carbocycles. The van der Waals surface area contributed by atoms with E-state index in [4.69, 9.17) is 10.5 Å². The Labute approximate surface area is 161 Å². The lowest BCUT2D eigenvalue weighted by molar-refractivity contribution is -0.137. The van der Waals surface area contributed by atoms with E-state index in [1.54, 1.807) is 6.08 Å². The van der Waals surface area contributed by atoms with Gasteiger partial charge in [0.15, 0.2) is 0 Å². The predicted octanol–water partition coefficient (Wildman–Crippen LogP) is 4.59. The van der Waals surface area contributed by atoms with Crippen molar-refractivity contribution in [1.82, 2.24) is 4.90 Å². The number of halogens is 3. The standard InChI is InChI=1S/C21H21F3N2O2/c22-21(23,24)19-7-6-16(13-25)12-18(19)17-8-10-26(11-9-17)20(27)28-14-15-4-2-1-3-5-15/h1-8,12H,9-11,13-14,25H2. The fourth-order valence-corrected chi connectivity index (χ4v) is 3.12. The van der Waals surface area contributed by atoms with Crippen LogP contribution < -0.4 is 5.73 Å². The molecule has 0 bridgehead atoms. The lowest BCUT2D eigenvalue weighted by atomic mass is 9.93. The maximum Gasteiger partial charge on any atom is 0.416 e. The lowest BCUT2D eigenvalue weighted by Crippen LogP contribution is -2.35. The minimum atomic E-state index is -4.45. The maximum absolute atomic E-state index is 13.4. The first-order valence-corrected chi connectivity index (χ1v) is 8.93. The molecule has 7 heteroatoms. The van der Waals surface area contributed by atoms with Crippen LogP contribution in [0.4, 0.5) is 18.0 Å². The topological polar surface area (TPSA) is 55.6 Å². The van der Waals surface area contributed by atoms with Crippen molar-refractivity contribution in [2.75, 3.05) is 13.1 Å². The summed E-state index contributed by atoms with van der Waals surface area (Å²) < 4.78 is 45.4. The summed E-state index contributed by atoms with van der Waals surface area (Å²) in [5, 5.41) is 0. The van der Waals surface area contributed by atoms with E-state index in [0.717, 1.165) is 11.6 Å². The van der Waals surface area contributed by atoms with Gasteiger partial charge < -0.3 is 15.4 Å². The Morgan fingerprint density at radius 2 is 1.86 bits per heavy atom. The van der Waals surface area contributed by atoms with Crippen LogP contribution >= 0.6 is 0 Å². The third-order valence-electron chi connectivity index (χ3n) is 4.64. The van der Waals surface area contributed by atoms with Gasteiger partial charge in [0, 0.05) is 19.6 Å². The fourth-order valence-electron chi connectivity index (χ4n) is 3.12. The Balaban J connectivity index is 1.70. The molecule has 0 spiro atoms. The molecule has 3 rings (SSSR count). The SMILES string of the molecule is NCc1ccc(C(F)(F)F)c(C2=CCN(C(=O)OCc3ccccc3)CC2)c1. The largest absolute Gasteiger partial charge is 0.445 e. The highest BCUT2D eigenvalue weighted by molar-refractivity contribution is 5.74. The molecule has 0 radical (unpaired) electrons. The zero-order valence-corrected chi connectivity index (χ0v) is 15.2. The average Bonchev–Trinajstić information content (AvgIpc) is 2.71. The third-order valence-corrected chi connectivity index (χ3v) is 4.64. The van der Waals surface area contributed by atoms with E-state index in [1.165, 1.54) is 17.0 Å². The highest BCUT2D eigenvalue weighted by atomic mass is 19.4. The Morgan fingerprint density at radius 1 is 1.11 bits per heavy atom. The summed E-state index contributed by atoms with van der Waals surface area (Å²) in [6.07, 6.45) is -2.96. The van der Waals surface area contributed by atoms with Crippen molar-refractivity contribution in [1.29, 1.82) is 0 Å². The van der Waals surface area contributed by atoms with Crippen molar-refractivity contribution in [3.8, 4) is 0 Å². The first-order valence-electron chi connectivity index (χ1n) is 8.93. The Morgan fingerprint density at radius 3 is 2.46 bits per heavy atom. The summed E-state index contributed by atoms with van der Waals surface area (Å²) >= 11 is 0. The van der Waals surface area contributed by atoms with Gasteiger partial charge in [0.05, 0.1) is 5.56 Å². The molecule has 1 amide bonds. The number of benzene rings is 2. The number of nitrogens with two attached hydrogens (primary N) is 1. The molecule has 2 N–H and O–H groups in total. The normalized spacial score (nSPS) is 14.6. The van der Waals surface area contributed by atoms with Gasteiger partial charge in [0.1, 0.15) is 6.61 Å². The van der Waals surface area contributed by atoms with E-state index in [0.29, 0.717) is 24.1 Å². The van der Waals surface area contributed by atoms with Crippen molar-refractivity contribution >= 4 is 11.7 Å². The predicted molar refractivity (Wildman–Crippen MR) is 100 cm³/mol. The van der Waals surface area contributed by atoms with E-state index < -0.39 is 17.8 Å². The van der Waals surface area contributed by atoms with Crippen LogP contribution in [0, 0.1) is 0 Å². The third kappa shape index (κ3) is 4.72. The Hall–Kier alpha value is -2.80. The maximum atomic E-state index is 13.4. The molecule has 4 nitrogen and oxygen atoms in total. The van der Waals surface area contributed by atoms with Crippen LogP contribution in [0.5, 0.6) is 0 Å². The van der Waals surface area contributed by atoms with Gasteiger partial charge in [0.25, 0.3) is 0 Å². The zero-order chi connectivity index (χ0) is 20.1. The van der Waals surface area contributed by atoms with Crippen LogP contribution in [0.25, 0.3) is 5.57 Å². The van der Waals surface area contributed by atoms with Crippen LogP contribution in [0.15, 0.2) is 54.6 Å². The van der Waals surface area contributed by atoms with Crippen molar-refractivity contribution in [3.05, 3.63) is 76.9 Å². The summed E-state index contributed by atoms with van der Waals surface area (Å²) in [6, 6.07) is 13.2. The minimum absolute atomic E-state index is 0.132. The Bertz CT molecular complexity index is 864. The van der Waals surface area contributed by atoms with Gasteiger partial charge >= 0.3 is 12.3 Å². The number of hydrogen-bond donors (Lipinski definition) is 1. The van der Waals surface area contributed by atoms with Gasteiger partial charge in [-0.25, -0.2) is 4.79 Å². The van der Waals surface area contributed by atoms with E-state index in [9.17, 15) is 18.0 Å². The van der Waals surface area contributed by atoms with Crippen molar-refractivity contribution in [2.45, 2.75) is 25.7 Å². The van der Waals surface area contributed by atoms with Crippen LogP contribution in [0.1, 0.15) is 28.7 Å². The van der Waals surface area contributed by atoms with E-state index in [-0.39, 0.29) is 25.3 Å². The van der Waals surface area contributed by atoms with Crippen molar-refractivity contribution < 1.29 is 22.7 Å². The fraction of sp³-hybridized carbons (Fsp3) is 0.286. The number of carbonyl (C=O) groups is 1. The molecular weight excluding hydrogens is 369 g/mol. The van der Waals surface area contributed by atoms with Crippen LogP contribution in [-0.2, 0) is 24.1 Å². The molecule has 1 heterocycles. The monoisotopic (exact) mass is 390 g/mol. The molecule has 28 heavy (non-hydrogen) atoms. The molecule has 0 aromatic heterocycles. The van der Waals surface area contributed by atoms with Crippen LogP contribution in [-0.4, -0.2) is 24.1 Å². The molecule has 2 aromatic rings. The molecule has 0 saturated heterocycles. The number of amides is 1. The molecule has 0 aliphatic carbocycles. The number of nitrogens with zero attached hydrogens (tertiary/aromatic N) is 1. The van der Waals surface area contributed by atoms with Crippen molar-refractivity contribution in [2.24, 2.45) is 5.73 Å². The zero-order valence-electron chi connectivity index (χ0n) is 15.2. The van der Waals surface area contributed by atoms with E-state index in [2.05, 4.69) is 0 Å². The molecule has 0 saturated carbocycles. The molecule has 148 valence electrons. The minimum Gasteiger partial charge on any atom is -0.445 e. The average molecular weight is 390 g/mol. The number of hydrogen-bond acceptors (Lipinski definition) is 3. The van der Waals surface area contributed by atoms with Gasteiger partial charge in [-0.1, -0.05) is 42.5 Å². The van der Waals surface area contributed by atoms with Gasteiger partial charge in [-0.15, -0.1) is 0 Å². The number of rotatable bonds is 4.